The van der Waals surface area contributed by atoms with Gasteiger partial charge in [-0.05, 0) is 0 Å². The van der Waals surface area contributed by atoms with E-state index in [2.05, 4.69) is 0 Å². The molecule has 0 saturated carbocycles. The summed E-state index contributed by atoms with van der Waals surface area (Å²) in [4.78, 5) is 21.6. The summed E-state index contributed by atoms with van der Waals surface area (Å²) in [7, 11) is -10.6. The predicted octanol–water partition coefficient (Wildman–Crippen LogP) is -2.51. The molecule has 3 N–H and O–H groups in total. The van der Waals surface area contributed by atoms with Gasteiger partial charge in [-0.25, -0.2) is 4.57 Å². The first-order valence-electron chi connectivity index (χ1n) is 1.66. The molecule has 0 aromatic rings. The predicted molar refractivity (Wildman–Crippen MR) is 25.6 cm³/mol. The molecule has 0 spiro atoms. The van der Waals surface area contributed by atoms with Gasteiger partial charge in [0, 0.05) is 0 Å². The van der Waals surface area contributed by atoms with Crippen LogP contribution in [0.5, 0.6) is 0 Å². The average molecular weight is 225 g/mol. The van der Waals surface area contributed by atoms with Crippen LogP contribution in [0.15, 0.2) is 0 Å². The minimum Gasteiger partial charge on any atom is -1.00 e. The third-order valence-corrected chi connectivity index (χ3v) is 0. The quantitative estimate of drug-likeness (QED) is 0.241. The third-order valence-electron chi connectivity index (χ3n) is 0. The smallest absolute Gasteiger partial charge is 1.00 e. The molecule has 4 nitrogen and oxygen atoms in total. The van der Waals surface area contributed by atoms with E-state index in [1.54, 1.807) is 0 Å². The molecule has 0 aliphatic rings. The molecule has 0 bridgehead atoms. The summed E-state index contributed by atoms with van der Waals surface area (Å²) in [6, 6.07) is 0. The Labute approximate surface area is 103 Å². The van der Waals surface area contributed by atoms with Crippen LogP contribution < -0.4 is 51.4 Å². The normalized spacial score (nSPS) is 10.8. The third kappa shape index (κ3) is 447. The van der Waals surface area contributed by atoms with Crippen molar-refractivity contribution in [3.05, 3.63) is 0 Å². The molecule has 0 aliphatic carbocycles. The first-order chi connectivity index (χ1) is 4.00. The molecule has 0 aromatic heterocycles. The summed E-state index contributed by atoms with van der Waals surface area (Å²) >= 11 is 0. The van der Waals surface area contributed by atoms with Crippen molar-refractivity contribution in [1.82, 2.24) is 0 Å². The van der Waals surface area contributed by atoms with Crippen molar-refractivity contribution in [2.75, 3.05) is 0 Å². The molecule has 0 atom stereocenters. The van der Waals surface area contributed by atoms with Crippen LogP contribution in [-0.4, -0.2) is 21.9 Å². The van der Waals surface area contributed by atoms with Crippen molar-refractivity contribution in [1.29, 1.82) is 0 Å². The Morgan fingerprint density at radius 1 is 1.09 bits per heavy atom. The Kier molecular flexibility index (Phi) is 11.6. The van der Waals surface area contributed by atoms with E-state index in [-0.39, 0.29) is 52.8 Å². The van der Waals surface area contributed by atoms with E-state index in [0.29, 0.717) is 0 Å². The van der Waals surface area contributed by atoms with Gasteiger partial charge in [0.05, 0.1) is 0 Å². The number of rotatable bonds is 0. The second-order valence-corrected chi connectivity index (χ2v) is 2.03. The van der Waals surface area contributed by atoms with Gasteiger partial charge in [-0.1, -0.05) is 0 Å². The molecule has 66 valence electrons. The molecular weight excluding hydrogens is 221 g/mol. The van der Waals surface area contributed by atoms with Gasteiger partial charge in [-0.15, -0.1) is 0 Å². The molecule has 0 unspecified atom stereocenters. The van der Waals surface area contributed by atoms with E-state index in [1.165, 1.54) is 0 Å². The van der Waals surface area contributed by atoms with Gasteiger partial charge in [-0.3, -0.25) is 0 Å². The summed E-state index contributed by atoms with van der Waals surface area (Å²) in [6.45, 7) is 0. The average Bonchev–Trinajstić information content (AvgIpc) is 1.12. The van der Waals surface area contributed by atoms with Gasteiger partial charge in [0.15, 0.2) is 0 Å². The second kappa shape index (κ2) is 6.98. The fourth-order valence-corrected chi connectivity index (χ4v) is 0. The molecule has 11 heteroatoms. The number of hydrogen-bond donors (Lipinski definition) is 3. The summed E-state index contributed by atoms with van der Waals surface area (Å²) in [6.07, 6.45) is 0. The maximum Gasteiger partial charge on any atom is 1.00 e. The van der Waals surface area contributed by atoms with Crippen molar-refractivity contribution in [2.24, 2.45) is 0 Å². The van der Waals surface area contributed by atoms with Crippen LogP contribution in [0.1, 0.15) is 1.43 Å². The van der Waals surface area contributed by atoms with Gasteiger partial charge in [-0.2, -0.15) is 0 Å². The van der Waals surface area contributed by atoms with E-state index in [9.17, 15) is 17.3 Å². The van der Waals surface area contributed by atoms with Crippen LogP contribution >= 0.6 is 7.82 Å². The second-order valence-electron chi connectivity index (χ2n) is 1.01. The molecule has 0 amide bonds. The minimum absolute atomic E-state index is 0. The largest absolute Gasteiger partial charge is 1.00 e. The van der Waals surface area contributed by atoms with E-state index < -0.39 is 15.1 Å². The Balaban J connectivity index is -0.0000000457. The zero-order chi connectivity index (χ0) is 9.00. The zero-order valence-corrected chi connectivity index (χ0v) is 9.30. The fourth-order valence-electron chi connectivity index (χ4n) is 0. The molecule has 11 heavy (non-hydrogen) atoms. The Bertz CT molecular complexity index is 119. The minimum atomic E-state index is -6.00. The zero-order valence-electron chi connectivity index (χ0n) is 6.29. The standard InChI is InChI=1S/BF4.K.H3O4P.H/c2-1(3,4)5;;1-5(2,3)4;/h;;(H3,1,2,3,4);/q-1;+1;;-1. The van der Waals surface area contributed by atoms with E-state index in [0.717, 1.165) is 0 Å². The molecule has 0 aromatic carbocycles. The maximum atomic E-state index is 9.75. The van der Waals surface area contributed by atoms with Crippen LogP contribution in [0, 0.1) is 0 Å². The maximum absolute atomic E-state index is 9.75. The first-order valence-corrected chi connectivity index (χ1v) is 3.22. The molecule has 0 fully saturated rings. The van der Waals surface area contributed by atoms with E-state index >= 15 is 0 Å². The van der Waals surface area contributed by atoms with Crippen LogP contribution in [0.3, 0.4) is 0 Å². The monoisotopic (exact) mass is 225 g/mol. The van der Waals surface area contributed by atoms with Gasteiger partial charge in [0.1, 0.15) is 0 Å². The van der Waals surface area contributed by atoms with Crippen LogP contribution in [0.25, 0.3) is 0 Å². The van der Waals surface area contributed by atoms with Gasteiger partial charge in [0.25, 0.3) is 0 Å². The van der Waals surface area contributed by atoms with Gasteiger partial charge < -0.3 is 33.4 Å². The Morgan fingerprint density at radius 2 is 1.09 bits per heavy atom. The molecule has 0 heterocycles. The number of hydrogen-bond acceptors (Lipinski definition) is 1. The summed E-state index contributed by atoms with van der Waals surface area (Å²) in [5.41, 5.74) is 0. The number of phosphoric acid groups is 1. The first kappa shape index (κ1) is 18.3. The molecule has 0 saturated heterocycles. The van der Waals surface area contributed by atoms with Gasteiger partial charge >= 0.3 is 66.5 Å². The number of halogens is 4. The van der Waals surface area contributed by atoms with Crippen LogP contribution in [0.2, 0.25) is 0 Å². The fraction of sp³-hybridized carbons (Fsp3) is 0. The van der Waals surface area contributed by atoms with E-state index in [1.807, 2.05) is 0 Å². The molecule has 0 aliphatic heterocycles. The van der Waals surface area contributed by atoms with Gasteiger partial charge in [0.2, 0.25) is 0 Å². The van der Waals surface area contributed by atoms with Crippen LogP contribution in [-0.2, 0) is 4.57 Å². The van der Waals surface area contributed by atoms with Crippen molar-refractivity contribution in [2.45, 2.75) is 0 Å². The summed E-state index contributed by atoms with van der Waals surface area (Å²) in [5, 5.41) is 0. The summed E-state index contributed by atoms with van der Waals surface area (Å²) < 4.78 is 47.9. The SMILES string of the molecule is F[B-](F)(F)F.O=P(O)(O)O.[H-].[K+]. The summed E-state index contributed by atoms with van der Waals surface area (Å²) in [5.74, 6) is 0. The molecule has 0 radical (unpaired) electrons. The molecule has 0 rings (SSSR count). The molecular formula is H4BF4KO4P-. The topological polar surface area (TPSA) is 77.8 Å². The van der Waals surface area contributed by atoms with Crippen molar-refractivity contribution >= 4 is 15.1 Å². The Morgan fingerprint density at radius 3 is 1.09 bits per heavy atom. The van der Waals surface area contributed by atoms with Crippen molar-refractivity contribution in [3.63, 3.8) is 0 Å². The van der Waals surface area contributed by atoms with Crippen molar-refractivity contribution < 1.29 is 89.3 Å². The van der Waals surface area contributed by atoms with E-state index in [4.69, 9.17) is 19.2 Å². The van der Waals surface area contributed by atoms with Crippen LogP contribution in [0.4, 0.5) is 17.3 Å². The van der Waals surface area contributed by atoms with Crippen molar-refractivity contribution in [3.8, 4) is 0 Å². The Hall–Kier alpha value is 1.53.